The Morgan fingerprint density at radius 1 is 1.56 bits per heavy atom. The van der Waals surface area contributed by atoms with E-state index in [1.165, 1.54) is 5.57 Å². The Balaban J connectivity index is 1.89. The van der Waals surface area contributed by atoms with E-state index in [4.69, 9.17) is 11.2 Å². The van der Waals surface area contributed by atoms with Crippen molar-refractivity contribution in [1.29, 1.82) is 0 Å². The third-order valence-corrected chi connectivity index (χ3v) is 3.65. The Kier molecular flexibility index (Phi) is 3.78. The maximum atomic E-state index is 5.66. The number of nitrogens with zero attached hydrogens (tertiary/aromatic N) is 1. The van der Waals surface area contributed by atoms with Gasteiger partial charge in [0, 0.05) is 18.1 Å². The van der Waals surface area contributed by atoms with Gasteiger partial charge in [-0.25, -0.2) is 0 Å². The van der Waals surface area contributed by atoms with Crippen LogP contribution < -0.4 is 4.74 Å². The molecular formula is C15H17NOS. The summed E-state index contributed by atoms with van der Waals surface area (Å²) in [5.74, 6) is 3.73. The van der Waals surface area contributed by atoms with E-state index in [1.807, 2.05) is 36.9 Å². The molecule has 18 heavy (non-hydrogen) atoms. The zero-order valence-electron chi connectivity index (χ0n) is 10.7. The van der Waals surface area contributed by atoms with E-state index in [9.17, 15) is 0 Å². The first kappa shape index (κ1) is 12.8. The second kappa shape index (κ2) is 5.32. The highest BCUT2D eigenvalue weighted by atomic mass is 32.1. The minimum absolute atomic E-state index is 0.243. The van der Waals surface area contributed by atoms with Gasteiger partial charge in [0.2, 0.25) is 0 Å². The monoisotopic (exact) mass is 259 g/mol. The molecule has 0 N–H and O–H groups in total. The van der Waals surface area contributed by atoms with Crippen molar-refractivity contribution in [2.45, 2.75) is 19.4 Å². The summed E-state index contributed by atoms with van der Waals surface area (Å²) in [6, 6.07) is 1.98. The number of ether oxygens (including phenoxy) is 1. The van der Waals surface area contributed by atoms with Gasteiger partial charge in [-0.3, -0.25) is 0 Å². The SMILES string of the molecule is C#CC(C)(C)N1C=CC(COc2ccsc2)=CC1. The molecule has 2 nitrogen and oxygen atoms in total. The molecule has 0 amide bonds. The molecule has 94 valence electrons. The molecule has 0 aliphatic carbocycles. The van der Waals surface area contributed by atoms with E-state index in [-0.39, 0.29) is 5.54 Å². The lowest BCUT2D eigenvalue weighted by Gasteiger charge is -2.34. The second-order valence-electron chi connectivity index (χ2n) is 4.70. The Bertz CT molecular complexity index is 491. The summed E-state index contributed by atoms with van der Waals surface area (Å²) in [5, 5.41) is 4.01. The van der Waals surface area contributed by atoms with E-state index in [0.717, 1.165) is 12.3 Å². The summed E-state index contributed by atoms with van der Waals surface area (Å²) >= 11 is 1.64. The number of hydrogen-bond acceptors (Lipinski definition) is 3. The normalized spacial score (nSPS) is 15.2. The molecule has 0 aromatic carbocycles. The molecule has 1 aromatic heterocycles. The maximum absolute atomic E-state index is 5.66. The molecule has 2 heterocycles. The van der Waals surface area contributed by atoms with Crippen LogP contribution >= 0.6 is 11.3 Å². The van der Waals surface area contributed by atoms with Crippen LogP contribution in [0.2, 0.25) is 0 Å². The largest absolute Gasteiger partial charge is 0.488 e. The first-order valence-corrected chi connectivity index (χ1v) is 6.83. The van der Waals surface area contributed by atoms with E-state index < -0.39 is 0 Å². The van der Waals surface area contributed by atoms with E-state index in [0.29, 0.717) is 6.61 Å². The average molecular weight is 259 g/mol. The van der Waals surface area contributed by atoms with Crippen molar-refractivity contribution < 1.29 is 4.74 Å². The minimum atomic E-state index is -0.243. The van der Waals surface area contributed by atoms with E-state index in [1.54, 1.807) is 11.3 Å². The topological polar surface area (TPSA) is 12.5 Å². The smallest absolute Gasteiger partial charge is 0.130 e. The van der Waals surface area contributed by atoms with Crippen molar-refractivity contribution in [3.8, 4) is 18.1 Å². The van der Waals surface area contributed by atoms with Crippen LogP contribution in [0.3, 0.4) is 0 Å². The molecule has 0 unspecified atom stereocenters. The highest BCUT2D eigenvalue weighted by molar-refractivity contribution is 7.08. The van der Waals surface area contributed by atoms with Crippen LogP contribution in [0, 0.1) is 12.3 Å². The summed E-state index contributed by atoms with van der Waals surface area (Å²) in [5.41, 5.74) is 0.942. The van der Waals surface area contributed by atoms with Crippen LogP contribution in [0.15, 0.2) is 40.8 Å². The van der Waals surface area contributed by atoms with Gasteiger partial charge in [-0.2, -0.15) is 0 Å². The summed E-state index contributed by atoms with van der Waals surface area (Å²) in [6.07, 6.45) is 11.8. The molecule has 2 rings (SSSR count). The molecule has 0 saturated heterocycles. The van der Waals surface area contributed by atoms with Gasteiger partial charge in [0.15, 0.2) is 0 Å². The zero-order valence-corrected chi connectivity index (χ0v) is 11.5. The molecule has 1 aliphatic heterocycles. The summed E-state index contributed by atoms with van der Waals surface area (Å²) in [7, 11) is 0. The van der Waals surface area contributed by atoms with Crippen molar-refractivity contribution in [3.63, 3.8) is 0 Å². The molecule has 3 heteroatoms. The Morgan fingerprint density at radius 2 is 2.39 bits per heavy atom. The Labute approximate surface area is 113 Å². The standard InChI is InChI=1S/C15H17NOS/c1-4-15(2,3)16-8-5-13(6-9-16)11-17-14-7-10-18-12-14/h1,5-8,10,12H,9,11H2,2-3H3. The number of terminal acetylenes is 1. The lowest BCUT2D eigenvalue weighted by atomic mass is 10.0. The van der Waals surface area contributed by atoms with Gasteiger partial charge in [-0.15, -0.1) is 17.8 Å². The van der Waals surface area contributed by atoms with Crippen molar-refractivity contribution in [3.05, 3.63) is 40.8 Å². The van der Waals surface area contributed by atoms with E-state index in [2.05, 4.69) is 23.0 Å². The average Bonchev–Trinajstić information content (AvgIpc) is 2.90. The van der Waals surface area contributed by atoms with Crippen LogP contribution in [-0.2, 0) is 0 Å². The summed E-state index contributed by atoms with van der Waals surface area (Å²) < 4.78 is 5.66. The molecule has 0 spiro atoms. The second-order valence-corrected chi connectivity index (χ2v) is 5.48. The molecule has 0 bridgehead atoms. The first-order chi connectivity index (χ1) is 8.62. The summed E-state index contributed by atoms with van der Waals surface area (Å²) in [4.78, 5) is 2.14. The molecule has 0 fully saturated rings. The number of thiophene rings is 1. The number of hydrogen-bond donors (Lipinski definition) is 0. The van der Waals surface area contributed by atoms with Crippen LogP contribution in [0.25, 0.3) is 0 Å². The highest BCUT2D eigenvalue weighted by Crippen LogP contribution is 2.20. The predicted molar refractivity (Wildman–Crippen MR) is 76.7 cm³/mol. The van der Waals surface area contributed by atoms with Crippen molar-refractivity contribution in [2.24, 2.45) is 0 Å². The van der Waals surface area contributed by atoms with Gasteiger partial charge in [-0.05, 0) is 36.9 Å². The molecule has 0 atom stereocenters. The minimum Gasteiger partial charge on any atom is -0.488 e. The van der Waals surface area contributed by atoms with Crippen LogP contribution in [0.5, 0.6) is 5.75 Å². The lowest BCUT2D eigenvalue weighted by molar-refractivity contribution is 0.265. The van der Waals surface area contributed by atoms with Gasteiger partial charge >= 0.3 is 0 Å². The summed E-state index contributed by atoms with van der Waals surface area (Å²) in [6.45, 7) is 5.52. The third-order valence-electron chi connectivity index (χ3n) is 2.99. The molecular weight excluding hydrogens is 242 g/mol. The van der Waals surface area contributed by atoms with Gasteiger partial charge in [0.25, 0.3) is 0 Å². The lowest BCUT2D eigenvalue weighted by Crippen LogP contribution is -2.40. The number of rotatable bonds is 4. The van der Waals surface area contributed by atoms with Crippen molar-refractivity contribution >= 4 is 11.3 Å². The van der Waals surface area contributed by atoms with Crippen LogP contribution in [0.1, 0.15) is 13.8 Å². The fourth-order valence-electron chi connectivity index (χ4n) is 1.64. The predicted octanol–water partition coefficient (Wildman–Crippen LogP) is 3.29. The molecule has 0 saturated carbocycles. The van der Waals surface area contributed by atoms with Gasteiger partial charge in [0.1, 0.15) is 12.4 Å². The first-order valence-electron chi connectivity index (χ1n) is 5.88. The van der Waals surface area contributed by atoms with E-state index >= 15 is 0 Å². The van der Waals surface area contributed by atoms with Crippen molar-refractivity contribution in [1.82, 2.24) is 4.90 Å². The molecule has 1 aliphatic rings. The maximum Gasteiger partial charge on any atom is 0.130 e. The highest BCUT2D eigenvalue weighted by Gasteiger charge is 2.21. The quantitative estimate of drug-likeness (QED) is 0.769. The fourth-order valence-corrected chi connectivity index (χ4v) is 2.21. The fraction of sp³-hybridized carbons (Fsp3) is 0.333. The van der Waals surface area contributed by atoms with Gasteiger partial charge < -0.3 is 9.64 Å². The Hall–Kier alpha value is -1.66. The molecule has 1 aromatic rings. The van der Waals surface area contributed by atoms with Crippen LogP contribution in [0.4, 0.5) is 0 Å². The van der Waals surface area contributed by atoms with Gasteiger partial charge in [0.05, 0.1) is 5.54 Å². The third kappa shape index (κ3) is 2.96. The van der Waals surface area contributed by atoms with Crippen LogP contribution in [-0.4, -0.2) is 23.6 Å². The molecule has 0 radical (unpaired) electrons. The van der Waals surface area contributed by atoms with Gasteiger partial charge in [-0.1, -0.05) is 12.0 Å². The Morgan fingerprint density at radius 3 is 2.94 bits per heavy atom. The van der Waals surface area contributed by atoms with Crippen molar-refractivity contribution in [2.75, 3.05) is 13.2 Å². The zero-order chi connectivity index (χ0) is 13.0.